The second-order valence-corrected chi connectivity index (χ2v) is 2.19. The Morgan fingerprint density at radius 1 is 1.31 bits per heavy atom. The molecular formula is C8H10ClF2NO. The van der Waals surface area contributed by atoms with Crippen molar-refractivity contribution in [1.29, 1.82) is 0 Å². The summed E-state index contributed by atoms with van der Waals surface area (Å²) in [7, 11) is 0. The van der Waals surface area contributed by atoms with Gasteiger partial charge in [0.1, 0.15) is 6.61 Å². The Morgan fingerprint density at radius 2 is 2.00 bits per heavy atom. The monoisotopic (exact) mass is 209 g/mol. The van der Waals surface area contributed by atoms with Crippen LogP contribution in [0.5, 0.6) is 5.75 Å². The Bertz CT molecular complexity index is 270. The van der Waals surface area contributed by atoms with Crippen LogP contribution in [0.15, 0.2) is 18.2 Å². The van der Waals surface area contributed by atoms with Crippen LogP contribution in [-0.4, -0.2) is 13.2 Å². The zero-order valence-electron chi connectivity index (χ0n) is 6.80. The fourth-order valence-corrected chi connectivity index (χ4v) is 0.764. The van der Waals surface area contributed by atoms with Gasteiger partial charge in [-0.05, 0) is 12.1 Å². The van der Waals surface area contributed by atoms with Gasteiger partial charge in [-0.3, -0.25) is 0 Å². The largest absolute Gasteiger partial charge is 0.489 e. The van der Waals surface area contributed by atoms with Crippen LogP contribution in [0.4, 0.5) is 8.78 Å². The van der Waals surface area contributed by atoms with E-state index in [1.54, 1.807) is 0 Å². The van der Waals surface area contributed by atoms with Crippen molar-refractivity contribution in [3.05, 3.63) is 29.8 Å². The SMILES string of the molecule is Cl.NCCOc1cccc(F)c1F. The van der Waals surface area contributed by atoms with Gasteiger partial charge in [0.15, 0.2) is 11.6 Å². The van der Waals surface area contributed by atoms with Crippen molar-refractivity contribution in [3.63, 3.8) is 0 Å². The molecule has 1 aromatic rings. The third-order valence-electron chi connectivity index (χ3n) is 1.29. The van der Waals surface area contributed by atoms with Crippen molar-refractivity contribution in [2.45, 2.75) is 0 Å². The molecule has 0 saturated carbocycles. The van der Waals surface area contributed by atoms with Crippen LogP contribution in [0.2, 0.25) is 0 Å². The zero-order valence-corrected chi connectivity index (χ0v) is 7.61. The lowest BCUT2D eigenvalue weighted by Crippen LogP contribution is -2.11. The summed E-state index contributed by atoms with van der Waals surface area (Å²) in [6.07, 6.45) is 0. The van der Waals surface area contributed by atoms with Gasteiger partial charge < -0.3 is 10.5 Å². The van der Waals surface area contributed by atoms with E-state index in [0.29, 0.717) is 0 Å². The Labute approximate surface area is 81.1 Å². The lowest BCUT2D eigenvalue weighted by Gasteiger charge is -2.04. The molecule has 0 aliphatic carbocycles. The van der Waals surface area contributed by atoms with Gasteiger partial charge >= 0.3 is 0 Å². The van der Waals surface area contributed by atoms with E-state index >= 15 is 0 Å². The highest BCUT2D eigenvalue weighted by Gasteiger charge is 2.07. The third-order valence-corrected chi connectivity index (χ3v) is 1.29. The molecule has 1 rings (SSSR count). The average Bonchev–Trinajstić information content (AvgIpc) is 2.08. The molecule has 0 bridgehead atoms. The van der Waals surface area contributed by atoms with Gasteiger partial charge in [0.25, 0.3) is 0 Å². The molecule has 5 heteroatoms. The molecule has 0 aliphatic heterocycles. The van der Waals surface area contributed by atoms with Crippen LogP contribution in [-0.2, 0) is 0 Å². The third kappa shape index (κ3) is 3.16. The summed E-state index contributed by atoms with van der Waals surface area (Å²) in [6, 6.07) is 3.77. The van der Waals surface area contributed by atoms with Crippen LogP contribution in [0.25, 0.3) is 0 Å². The maximum Gasteiger partial charge on any atom is 0.200 e. The smallest absolute Gasteiger partial charge is 0.200 e. The molecule has 0 spiro atoms. The minimum absolute atomic E-state index is 0. The van der Waals surface area contributed by atoms with E-state index in [2.05, 4.69) is 0 Å². The highest BCUT2D eigenvalue weighted by atomic mass is 35.5. The molecule has 0 amide bonds. The summed E-state index contributed by atoms with van der Waals surface area (Å²) in [5, 5.41) is 0. The standard InChI is InChI=1S/C8H9F2NO.ClH/c9-6-2-1-3-7(8(6)10)12-5-4-11;/h1-3H,4-5,11H2;1H. The van der Waals surface area contributed by atoms with Crippen LogP contribution >= 0.6 is 12.4 Å². The van der Waals surface area contributed by atoms with E-state index in [4.69, 9.17) is 10.5 Å². The predicted molar refractivity (Wildman–Crippen MR) is 48.2 cm³/mol. The van der Waals surface area contributed by atoms with E-state index in [0.717, 1.165) is 6.07 Å². The first-order chi connectivity index (χ1) is 5.75. The van der Waals surface area contributed by atoms with Crippen LogP contribution in [0.3, 0.4) is 0 Å². The number of rotatable bonds is 3. The molecule has 0 aliphatic rings. The van der Waals surface area contributed by atoms with Gasteiger partial charge in [0.05, 0.1) is 0 Å². The topological polar surface area (TPSA) is 35.2 Å². The van der Waals surface area contributed by atoms with Gasteiger partial charge in [-0.25, -0.2) is 4.39 Å². The van der Waals surface area contributed by atoms with Gasteiger partial charge in [-0.15, -0.1) is 12.4 Å². The number of ether oxygens (including phenoxy) is 1. The molecule has 2 N–H and O–H groups in total. The Hall–Kier alpha value is -0.870. The fourth-order valence-electron chi connectivity index (χ4n) is 0.764. The molecule has 74 valence electrons. The second-order valence-electron chi connectivity index (χ2n) is 2.19. The first-order valence-electron chi connectivity index (χ1n) is 3.52. The minimum atomic E-state index is -0.967. The lowest BCUT2D eigenvalue weighted by atomic mass is 10.3. The van der Waals surface area contributed by atoms with Crippen molar-refractivity contribution in [2.24, 2.45) is 5.73 Å². The molecule has 0 heterocycles. The first kappa shape index (κ1) is 12.1. The zero-order chi connectivity index (χ0) is 8.97. The average molecular weight is 210 g/mol. The number of hydrogen-bond acceptors (Lipinski definition) is 2. The van der Waals surface area contributed by atoms with Gasteiger partial charge in [-0.2, -0.15) is 4.39 Å². The maximum absolute atomic E-state index is 12.8. The van der Waals surface area contributed by atoms with Crippen molar-refractivity contribution < 1.29 is 13.5 Å². The highest BCUT2D eigenvalue weighted by Crippen LogP contribution is 2.18. The molecule has 0 aromatic heterocycles. The number of benzene rings is 1. The Balaban J connectivity index is 0.00000144. The van der Waals surface area contributed by atoms with Gasteiger partial charge in [0, 0.05) is 6.54 Å². The summed E-state index contributed by atoms with van der Waals surface area (Å²) < 4.78 is 30.1. The molecule has 0 atom stereocenters. The summed E-state index contributed by atoms with van der Waals surface area (Å²) in [4.78, 5) is 0. The lowest BCUT2D eigenvalue weighted by molar-refractivity contribution is 0.304. The fraction of sp³-hybridized carbons (Fsp3) is 0.250. The van der Waals surface area contributed by atoms with E-state index in [-0.39, 0.29) is 31.3 Å². The van der Waals surface area contributed by atoms with E-state index in [1.807, 2.05) is 0 Å². The summed E-state index contributed by atoms with van der Waals surface area (Å²) in [5.41, 5.74) is 5.12. The Kier molecular flexibility index (Phi) is 5.34. The normalized spacial score (nSPS) is 9.15. The molecule has 2 nitrogen and oxygen atoms in total. The summed E-state index contributed by atoms with van der Waals surface area (Å²) in [5.74, 6) is -1.98. The van der Waals surface area contributed by atoms with E-state index in [1.165, 1.54) is 12.1 Å². The maximum atomic E-state index is 12.8. The highest BCUT2D eigenvalue weighted by molar-refractivity contribution is 5.85. The van der Waals surface area contributed by atoms with Crippen molar-refractivity contribution >= 4 is 12.4 Å². The van der Waals surface area contributed by atoms with Crippen molar-refractivity contribution in [1.82, 2.24) is 0 Å². The molecule has 0 unspecified atom stereocenters. The molecule has 13 heavy (non-hydrogen) atoms. The van der Waals surface area contributed by atoms with Crippen molar-refractivity contribution in [2.75, 3.05) is 13.2 Å². The molecule has 0 radical (unpaired) electrons. The van der Waals surface area contributed by atoms with Crippen LogP contribution in [0.1, 0.15) is 0 Å². The number of hydrogen-bond donors (Lipinski definition) is 1. The number of nitrogens with two attached hydrogens (primary N) is 1. The molecule has 0 fully saturated rings. The van der Waals surface area contributed by atoms with E-state index < -0.39 is 11.6 Å². The molecular weight excluding hydrogens is 200 g/mol. The van der Waals surface area contributed by atoms with Gasteiger partial charge in [0.2, 0.25) is 5.82 Å². The summed E-state index contributed by atoms with van der Waals surface area (Å²) in [6.45, 7) is 0.455. The first-order valence-corrected chi connectivity index (χ1v) is 3.52. The number of halogens is 3. The summed E-state index contributed by atoms with van der Waals surface area (Å²) >= 11 is 0. The van der Waals surface area contributed by atoms with Crippen LogP contribution < -0.4 is 10.5 Å². The predicted octanol–water partition coefficient (Wildman–Crippen LogP) is 1.72. The van der Waals surface area contributed by atoms with Crippen molar-refractivity contribution in [3.8, 4) is 5.75 Å². The Morgan fingerprint density at radius 3 is 2.62 bits per heavy atom. The minimum Gasteiger partial charge on any atom is -0.489 e. The quantitative estimate of drug-likeness (QED) is 0.823. The van der Waals surface area contributed by atoms with Gasteiger partial charge in [-0.1, -0.05) is 6.07 Å². The molecule has 1 aromatic carbocycles. The van der Waals surface area contributed by atoms with E-state index in [9.17, 15) is 8.78 Å². The second kappa shape index (κ2) is 5.72. The molecule has 0 saturated heterocycles. The van der Waals surface area contributed by atoms with Crippen LogP contribution in [0, 0.1) is 11.6 Å².